The lowest BCUT2D eigenvalue weighted by molar-refractivity contribution is -0.115. The van der Waals surface area contributed by atoms with Gasteiger partial charge in [0.05, 0.1) is 0 Å². The maximum atomic E-state index is 13.9. The summed E-state index contributed by atoms with van der Waals surface area (Å²) in [6.07, 6.45) is 3.96. The number of carbonyl (C=O) groups is 1. The largest absolute Gasteiger partial charge is 0.294 e. The molecule has 1 aromatic rings. The van der Waals surface area contributed by atoms with E-state index in [0.717, 1.165) is 12.0 Å². The van der Waals surface area contributed by atoms with Crippen molar-refractivity contribution in [3.63, 3.8) is 0 Å². The molecule has 0 amide bonds. The van der Waals surface area contributed by atoms with Gasteiger partial charge in [0.25, 0.3) is 0 Å². The van der Waals surface area contributed by atoms with Crippen molar-refractivity contribution in [2.75, 3.05) is 0 Å². The van der Waals surface area contributed by atoms with E-state index in [0.29, 0.717) is 47.7 Å². The van der Waals surface area contributed by atoms with E-state index < -0.39 is 0 Å². The topological polar surface area (TPSA) is 17.1 Å². The van der Waals surface area contributed by atoms with Crippen molar-refractivity contribution in [3.05, 3.63) is 57.7 Å². The van der Waals surface area contributed by atoms with Crippen LogP contribution in [0.1, 0.15) is 104 Å². The number of Topliss-reactive ketones (excluding diaryl/α,β-unsaturated/α-hetero) is 1. The molecule has 0 bridgehead atoms. The van der Waals surface area contributed by atoms with Crippen molar-refractivity contribution in [2.24, 2.45) is 23.7 Å². The zero-order chi connectivity index (χ0) is 22.7. The smallest absolute Gasteiger partial charge is 0.167 e. The van der Waals surface area contributed by atoms with Crippen LogP contribution in [0.5, 0.6) is 0 Å². The first-order chi connectivity index (χ1) is 14.0. The summed E-state index contributed by atoms with van der Waals surface area (Å²) in [5, 5.41) is 0. The van der Waals surface area contributed by atoms with Gasteiger partial charge in [-0.25, -0.2) is 0 Å². The predicted molar refractivity (Wildman–Crippen MR) is 131 cm³/mol. The fourth-order valence-corrected chi connectivity index (χ4v) is 4.85. The maximum Gasteiger partial charge on any atom is 0.167 e. The highest BCUT2D eigenvalue weighted by Crippen LogP contribution is 2.40. The summed E-state index contributed by atoms with van der Waals surface area (Å²) >= 11 is 0. The molecule has 0 spiro atoms. The SMILES string of the molecule is CC(C)C1=CC(C(C)C)CC(C(C)C)=C1C(=O)Cc1c(C(C)C)cccc1C(C)C. The van der Waals surface area contributed by atoms with Gasteiger partial charge >= 0.3 is 0 Å². The van der Waals surface area contributed by atoms with E-state index in [1.165, 1.54) is 27.8 Å². The van der Waals surface area contributed by atoms with Crippen LogP contribution in [-0.2, 0) is 11.2 Å². The lowest BCUT2D eigenvalue weighted by atomic mass is 9.72. The number of allylic oxidation sites excluding steroid dienone is 4. The molecule has 2 rings (SSSR count). The van der Waals surface area contributed by atoms with Crippen LogP contribution in [0, 0.1) is 23.7 Å². The first-order valence-corrected chi connectivity index (χ1v) is 12.1. The van der Waals surface area contributed by atoms with Gasteiger partial charge in [0.1, 0.15) is 0 Å². The van der Waals surface area contributed by atoms with Crippen LogP contribution >= 0.6 is 0 Å². The average molecular weight is 409 g/mol. The Bertz CT molecular complexity index is 789. The normalized spacial score (nSPS) is 17.7. The molecule has 0 heterocycles. The summed E-state index contributed by atoms with van der Waals surface area (Å²) in [7, 11) is 0. The molecule has 1 atom stereocenters. The summed E-state index contributed by atoms with van der Waals surface area (Å²) in [4.78, 5) is 13.9. The summed E-state index contributed by atoms with van der Waals surface area (Å²) in [6, 6.07) is 6.59. The molecule has 0 aliphatic heterocycles. The molecule has 1 heteroatoms. The van der Waals surface area contributed by atoms with Crippen LogP contribution in [0.25, 0.3) is 0 Å². The van der Waals surface area contributed by atoms with Crippen LogP contribution in [0.2, 0.25) is 0 Å². The fourth-order valence-electron chi connectivity index (χ4n) is 4.85. The molecule has 0 aromatic heterocycles. The molecule has 0 N–H and O–H groups in total. The molecule has 0 fully saturated rings. The van der Waals surface area contributed by atoms with Crippen LogP contribution in [0.4, 0.5) is 0 Å². The standard InChI is InChI=1S/C29H44O/c1-17(2)22-14-25(20(7)8)29(26(15-22)21(9)10)28(30)16-27-23(18(3)4)12-11-13-24(27)19(5)6/h11-14,17-22H,15-16H2,1-10H3. The van der Waals surface area contributed by atoms with Crippen molar-refractivity contribution in [1.29, 1.82) is 0 Å². The van der Waals surface area contributed by atoms with Crippen molar-refractivity contribution in [2.45, 2.75) is 93.9 Å². The Morgan fingerprint density at radius 1 is 0.833 bits per heavy atom. The van der Waals surface area contributed by atoms with Crippen molar-refractivity contribution in [3.8, 4) is 0 Å². The number of rotatable bonds is 8. The zero-order valence-corrected chi connectivity index (χ0v) is 21.1. The Kier molecular flexibility index (Phi) is 8.31. The lowest BCUT2D eigenvalue weighted by Gasteiger charge is -2.32. The van der Waals surface area contributed by atoms with Crippen molar-refractivity contribution in [1.82, 2.24) is 0 Å². The fraction of sp³-hybridized carbons (Fsp3) is 0.621. The predicted octanol–water partition coefficient (Wildman–Crippen LogP) is 8.26. The van der Waals surface area contributed by atoms with E-state index in [2.05, 4.69) is 93.5 Å². The van der Waals surface area contributed by atoms with Gasteiger partial charge < -0.3 is 0 Å². The Balaban J connectivity index is 2.58. The number of ketones is 1. The maximum absolute atomic E-state index is 13.9. The molecular formula is C29H44O. The molecule has 1 nitrogen and oxygen atoms in total. The Labute approximate surface area is 186 Å². The third-order valence-corrected chi connectivity index (χ3v) is 6.74. The van der Waals surface area contributed by atoms with E-state index in [-0.39, 0.29) is 0 Å². The van der Waals surface area contributed by atoms with Crippen LogP contribution in [0.15, 0.2) is 41.0 Å². The van der Waals surface area contributed by atoms with Gasteiger partial charge in [-0.05, 0) is 64.2 Å². The highest BCUT2D eigenvalue weighted by molar-refractivity contribution is 6.02. The van der Waals surface area contributed by atoms with E-state index >= 15 is 0 Å². The minimum atomic E-state index is 0.316. The quantitative estimate of drug-likeness (QED) is 0.423. The molecule has 1 unspecified atom stereocenters. The molecular weight excluding hydrogens is 364 g/mol. The second-order valence-corrected chi connectivity index (χ2v) is 10.8. The van der Waals surface area contributed by atoms with Gasteiger partial charge in [0.2, 0.25) is 0 Å². The third-order valence-electron chi connectivity index (χ3n) is 6.74. The molecule has 0 radical (unpaired) electrons. The van der Waals surface area contributed by atoms with Crippen molar-refractivity contribution >= 4 is 5.78 Å². The number of hydrogen-bond donors (Lipinski definition) is 0. The monoisotopic (exact) mass is 408 g/mol. The van der Waals surface area contributed by atoms with Gasteiger partial charge in [0.15, 0.2) is 5.78 Å². The van der Waals surface area contributed by atoms with Gasteiger partial charge in [-0.1, -0.05) is 99.1 Å². The third kappa shape index (κ3) is 5.34. The van der Waals surface area contributed by atoms with Crippen LogP contribution in [0.3, 0.4) is 0 Å². The molecule has 1 aliphatic rings. The second-order valence-electron chi connectivity index (χ2n) is 10.8. The summed E-state index contributed by atoms with van der Waals surface area (Å²) < 4.78 is 0. The summed E-state index contributed by atoms with van der Waals surface area (Å²) in [5.41, 5.74) is 7.61. The lowest BCUT2D eigenvalue weighted by Crippen LogP contribution is -2.24. The van der Waals surface area contributed by atoms with Gasteiger partial charge in [-0.3, -0.25) is 4.79 Å². The molecule has 0 saturated carbocycles. The van der Waals surface area contributed by atoms with Gasteiger partial charge in [0, 0.05) is 12.0 Å². The molecule has 1 aromatic carbocycles. The second kappa shape index (κ2) is 10.1. The van der Waals surface area contributed by atoms with E-state index in [9.17, 15) is 4.79 Å². The van der Waals surface area contributed by atoms with Gasteiger partial charge in [-0.2, -0.15) is 0 Å². The van der Waals surface area contributed by atoms with Crippen LogP contribution < -0.4 is 0 Å². The summed E-state index contributed by atoms with van der Waals surface area (Å²) in [6.45, 7) is 22.5. The average Bonchev–Trinajstić information content (AvgIpc) is 2.66. The highest BCUT2D eigenvalue weighted by atomic mass is 16.1. The number of hydrogen-bond acceptors (Lipinski definition) is 1. The van der Waals surface area contributed by atoms with Crippen LogP contribution in [-0.4, -0.2) is 5.78 Å². The molecule has 1 aliphatic carbocycles. The Morgan fingerprint density at radius 2 is 1.37 bits per heavy atom. The minimum absolute atomic E-state index is 0.316. The van der Waals surface area contributed by atoms with E-state index in [4.69, 9.17) is 0 Å². The number of benzene rings is 1. The Morgan fingerprint density at radius 3 is 1.77 bits per heavy atom. The van der Waals surface area contributed by atoms with E-state index in [1.54, 1.807) is 0 Å². The molecule has 30 heavy (non-hydrogen) atoms. The first-order valence-electron chi connectivity index (χ1n) is 12.1. The number of carbonyl (C=O) groups excluding carboxylic acids is 1. The zero-order valence-electron chi connectivity index (χ0n) is 21.1. The molecule has 166 valence electrons. The van der Waals surface area contributed by atoms with Gasteiger partial charge in [-0.15, -0.1) is 0 Å². The first kappa shape index (κ1) is 24.6. The highest BCUT2D eigenvalue weighted by Gasteiger charge is 2.31. The Hall–Kier alpha value is -1.63. The van der Waals surface area contributed by atoms with E-state index in [1.807, 2.05) is 0 Å². The van der Waals surface area contributed by atoms with Crippen molar-refractivity contribution < 1.29 is 4.79 Å². The minimum Gasteiger partial charge on any atom is -0.294 e. The molecule has 0 saturated heterocycles. The summed E-state index contributed by atoms with van der Waals surface area (Å²) in [5.74, 6) is 3.05.